The van der Waals surface area contributed by atoms with Gasteiger partial charge < -0.3 is 19.1 Å². The van der Waals surface area contributed by atoms with Gasteiger partial charge in [0, 0.05) is 17.6 Å². The van der Waals surface area contributed by atoms with E-state index in [4.69, 9.17) is 5.41 Å². The molecule has 0 bridgehead atoms. The number of imidazole rings is 1. The maximum Gasteiger partial charge on any atom is 0.203 e. The average Bonchev–Trinajstić information content (AvgIpc) is 2.98. The van der Waals surface area contributed by atoms with Crippen molar-refractivity contribution >= 4 is 39.4 Å². The van der Waals surface area contributed by atoms with Gasteiger partial charge in [0.1, 0.15) is 0 Å². The van der Waals surface area contributed by atoms with Gasteiger partial charge in [-0.3, -0.25) is 5.41 Å². The van der Waals surface area contributed by atoms with Crippen LogP contribution in [0.5, 0.6) is 0 Å². The summed E-state index contributed by atoms with van der Waals surface area (Å²) >= 11 is 3.47. The van der Waals surface area contributed by atoms with Crippen LogP contribution in [0.1, 0.15) is 30.9 Å². The quantitative estimate of drug-likeness (QED) is 0.553. The highest BCUT2D eigenvalue weighted by Crippen LogP contribution is 2.21. The molecule has 1 aliphatic rings. The summed E-state index contributed by atoms with van der Waals surface area (Å²) in [5.74, 6) is 0. The molecular formula is C22H28BrClN4O. The summed E-state index contributed by atoms with van der Waals surface area (Å²) < 4.78 is 4.96. The van der Waals surface area contributed by atoms with Crippen LogP contribution in [0.2, 0.25) is 0 Å². The highest BCUT2D eigenvalue weighted by Gasteiger charge is 2.16. The monoisotopic (exact) mass is 478 g/mol. The maximum atomic E-state index is 10.8. The summed E-state index contributed by atoms with van der Waals surface area (Å²) in [6.45, 7) is 4.47. The largest absolute Gasteiger partial charge is 0.387 e. The van der Waals surface area contributed by atoms with Gasteiger partial charge in [-0.25, -0.2) is 0 Å². The molecule has 7 heteroatoms. The van der Waals surface area contributed by atoms with Crippen LogP contribution in [0.25, 0.3) is 11.0 Å². The lowest BCUT2D eigenvalue weighted by Crippen LogP contribution is -2.35. The molecular weight excluding hydrogens is 452 g/mol. The van der Waals surface area contributed by atoms with E-state index in [0.717, 1.165) is 47.2 Å². The molecule has 1 unspecified atom stereocenters. The summed E-state index contributed by atoms with van der Waals surface area (Å²) in [4.78, 5) is 2.50. The van der Waals surface area contributed by atoms with Crippen molar-refractivity contribution in [1.29, 1.82) is 5.41 Å². The first-order valence-electron chi connectivity index (χ1n) is 10.0. The molecule has 0 saturated carbocycles. The Labute approximate surface area is 186 Å². The van der Waals surface area contributed by atoms with Gasteiger partial charge >= 0.3 is 0 Å². The molecule has 0 amide bonds. The number of aliphatic hydroxyl groups is 1. The van der Waals surface area contributed by atoms with E-state index in [0.29, 0.717) is 12.2 Å². The first-order chi connectivity index (χ1) is 13.6. The molecule has 0 aliphatic carbocycles. The highest BCUT2D eigenvalue weighted by molar-refractivity contribution is 9.10. The second-order valence-corrected chi connectivity index (χ2v) is 8.46. The van der Waals surface area contributed by atoms with Crippen LogP contribution < -0.4 is 5.62 Å². The van der Waals surface area contributed by atoms with Crippen LogP contribution >= 0.6 is 28.3 Å². The number of fused-ring (bicyclic) bond motifs is 1. The second kappa shape index (κ2) is 9.94. The zero-order valence-electron chi connectivity index (χ0n) is 16.4. The summed E-state index contributed by atoms with van der Waals surface area (Å²) in [6, 6.07) is 15.9. The predicted molar refractivity (Wildman–Crippen MR) is 122 cm³/mol. The van der Waals surface area contributed by atoms with E-state index in [1.165, 1.54) is 19.3 Å². The van der Waals surface area contributed by atoms with Gasteiger partial charge in [-0.1, -0.05) is 46.6 Å². The number of benzene rings is 2. The molecule has 4 rings (SSSR count). The zero-order valence-corrected chi connectivity index (χ0v) is 18.8. The van der Waals surface area contributed by atoms with Gasteiger partial charge in [0.05, 0.1) is 23.7 Å². The lowest BCUT2D eigenvalue weighted by atomic mass is 10.1. The molecule has 1 atom stereocenters. The number of hydrogen-bond acceptors (Lipinski definition) is 3. The zero-order chi connectivity index (χ0) is 19.5. The number of aromatic nitrogens is 2. The minimum Gasteiger partial charge on any atom is -0.387 e. The Morgan fingerprint density at radius 3 is 2.31 bits per heavy atom. The van der Waals surface area contributed by atoms with Crippen LogP contribution in [-0.2, 0) is 13.1 Å². The Morgan fingerprint density at radius 2 is 1.62 bits per heavy atom. The van der Waals surface area contributed by atoms with Crippen molar-refractivity contribution in [2.24, 2.45) is 0 Å². The van der Waals surface area contributed by atoms with Crippen molar-refractivity contribution in [1.82, 2.24) is 14.0 Å². The SMILES string of the molecule is Cl.N=c1n(CCN2CCCCC2)c2ccccc2n1CC(O)c1cccc(Br)c1. The summed E-state index contributed by atoms with van der Waals surface area (Å²) in [5, 5.41) is 19.6. The Bertz CT molecular complexity index is 1010. The minimum absolute atomic E-state index is 0. The molecule has 1 aliphatic heterocycles. The Morgan fingerprint density at radius 1 is 0.931 bits per heavy atom. The summed E-state index contributed by atoms with van der Waals surface area (Å²) in [7, 11) is 0. The molecule has 0 spiro atoms. The normalized spacial score (nSPS) is 15.9. The van der Waals surface area contributed by atoms with Crippen molar-refractivity contribution in [3.05, 3.63) is 64.2 Å². The third-order valence-electron chi connectivity index (χ3n) is 5.65. The van der Waals surface area contributed by atoms with E-state index in [1.807, 2.05) is 47.0 Å². The molecule has 156 valence electrons. The molecule has 2 N–H and O–H groups in total. The second-order valence-electron chi connectivity index (χ2n) is 7.55. The molecule has 3 aromatic rings. The van der Waals surface area contributed by atoms with Crippen LogP contribution in [0.3, 0.4) is 0 Å². The smallest absolute Gasteiger partial charge is 0.203 e. The van der Waals surface area contributed by atoms with Crippen molar-refractivity contribution in [3.63, 3.8) is 0 Å². The topological polar surface area (TPSA) is 57.2 Å². The fourth-order valence-corrected chi connectivity index (χ4v) is 4.54. The fourth-order valence-electron chi connectivity index (χ4n) is 4.12. The van der Waals surface area contributed by atoms with Crippen molar-refractivity contribution < 1.29 is 5.11 Å². The van der Waals surface area contributed by atoms with Crippen LogP contribution in [0.15, 0.2) is 53.0 Å². The van der Waals surface area contributed by atoms with E-state index >= 15 is 0 Å². The Hall–Kier alpha value is -1.60. The summed E-state index contributed by atoms with van der Waals surface area (Å²) in [5.41, 5.74) is 3.37. The van der Waals surface area contributed by atoms with Crippen LogP contribution in [0, 0.1) is 5.41 Å². The average molecular weight is 480 g/mol. The molecule has 2 heterocycles. The lowest BCUT2D eigenvalue weighted by Gasteiger charge is -2.26. The first-order valence-corrected chi connectivity index (χ1v) is 10.8. The third-order valence-corrected chi connectivity index (χ3v) is 6.15. The molecule has 1 saturated heterocycles. The van der Waals surface area contributed by atoms with E-state index in [9.17, 15) is 5.11 Å². The predicted octanol–water partition coefficient (Wildman–Crippen LogP) is 4.33. The van der Waals surface area contributed by atoms with Crippen molar-refractivity contribution in [2.45, 2.75) is 38.5 Å². The first kappa shape index (κ1) is 22.1. The lowest BCUT2D eigenvalue weighted by molar-refractivity contribution is 0.155. The molecule has 29 heavy (non-hydrogen) atoms. The van der Waals surface area contributed by atoms with E-state index in [1.54, 1.807) is 0 Å². The third kappa shape index (κ3) is 4.94. The van der Waals surface area contributed by atoms with Crippen LogP contribution in [-0.4, -0.2) is 38.8 Å². The van der Waals surface area contributed by atoms with E-state index < -0.39 is 6.10 Å². The number of likely N-dealkylation sites (tertiary alicyclic amines) is 1. The van der Waals surface area contributed by atoms with Gasteiger partial charge in [-0.05, 0) is 55.8 Å². The Kier molecular flexibility index (Phi) is 7.57. The number of rotatable bonds is 6. The van der Waals surface area contributed by atoms with E-state index in [2.05, 4.69) is 31.5 Å². The Balaban J connectivity index is 0.00000240. The van der Waals surface area contributed by atoms with E-state index in [-0.39, 0.29) is 12.4 Å². The molecule has 2 aromatic carbocycles. The number of para-hydroxylation sites is 2. The van der Waals surface area contributed by atoms with Gasteiger partial charge in [-0.15, -0.1) is 12.4 Å². The van der Waals surface area contributed by atoms with Crippen LogP contribution in [0.4, 0.5) is 0 Å². The van der Waals surface area contributed by atoms with Gasteiger partial charge in [0.15, 0.2) is 0 Å². The maximum absolute atomic E-state index is 10.8. The van der Waals surface area contributed by atoms with Crippen molar-refractivity contribution in [2.75, 3.05) is 19.6 Å². The standard InChI is InChI=1S/C22H27BrN4O.ClH/c23-18-8-6-7-17(15-18)21(28)16-27-20-10-3-2-9-19(20)26(22(27)24)14-13-25-11-4-1-5-12-25;/h2-3,6-10,15,21,24,28H,1,4-5,11-14,16H2;1H. The van der Waals surface area contributed by atoms with Gasteiger partial charge in [0.2, 0.25) is 5.62 Å². The number of hydrogen-bond donors (Lipinski definition) is 2. The summed E-state index contributed by atoms with van der Waals surface area (Å²) in [6.07, 6.45) is 3.23. The van der Waals surface area contributed by atoms with Gasteiger partial charge in [0.25, 0.3) is 0 Å². The number of nitrogens with zero attached hydrogens (tertiary/aromatic N) is 3. The molecule has 1 fully saturated rings. The molecule has 5 nitrogen and oxygen atoms in total. The number of nitrogens with one attached hydrogen (secondary N) is 1. The van der Waals surface area contributed by atoms with Gasteiger partial charge in [-0.2, -0.15) is 0 Å². The molecule has 1 aromatic heterocycles. The van der Waals surface area contributed by atoms with Crippen molar-refractivity contribution in [3.8, 4) is 0 Å². The molecule has 0 radical (unpaired) electrons. The number of halogens is 2. The minimum atomic E-state index is -0.659. The highest BCUT2D eigenvalue weighted by atomic mass is 79.9. The number of aliphatic hydroxyl groups excluding tert-OH is 1. The fraction of sp³-hybridized carbons (Fsp3) is 0.409. The number of piperidine rings is 1.